The highest BCUT2D eigenvalue weighted by Gasteiger charge is 2.39. The molecule has 0 radical (unpaired) electrons. The Balaban J connectivity index is 1.56. The molecule has 0 saturated heterocycles. The van der Waals surface area contributed by atoms with Crippen molar-refractivity contribution in [2.24, 2.45) is 5.10 Å². The molecule has 0 heterocycles. The van der Waals surface area contributed by atoms with Crippen LogP contribution in [0.5, 0.6) is 23.0 Å². The minimum absolute atomic E-state index is 0.172. The lowest BCUT2D eigenvalue weighted by atomic mass is 9.85. The van der Waals surface area contributed by atoms with Crippen molar-refractivity contribution in [3.63, 3.8) is 0 Å². The Labute approximate surface area is 231 Å². The number of methoxy groups -OCH3 is 3. The molecule has 0 atom stereocenters. The number of ether oxygens (including phenoxy) is 4. The number of carbonyl (C=O) groups excluding carboxylic acids is 2. The number of esters is 1. The molecule has 2 N–H and O–H groups in total. The van der Waals surface area contributed by atoms with Crippen molar-refractivity contribution >= 4 is 18.1 Å². The zero-order valence-electron chi connectivity index (χ0n) is 22.2. The number of hydrogen-bond acceptors (Lipinski definition) is 8. The largest absolute Gasteiger partial charge is 0.493 e. The van der Waals surface area contributed by atoms with E-state index in [1.54, 1.807) is 84.9 Å². The molecule has 0 aliphatic rings. The number of nitrogens with zero attached hydrogens (tertiary/aromatic N) is 1. The molecule has 0 saturated carbocycles. The summed E-state index contributed by atoms with van der Waals surface area (Å²) >= 11 is 0. The molecule has 9 heteroatoms. The van der Waals surface area contributed by atoms with E-state index < -0.39 is 17.5 Å². The second-order valence-corrected chi connectivity index (χ2v) is 8.48. The first-order valence-electron chi connectivity index (χ1n) is 12.2. The molecule has 0 spiro atoms. The summed E-state index contributed by atoms with van der Waals surface area (Å²) in [5.74, 6) is -0.289. The van der Waals surface area contributed by atoms with Crippen LogP contribution < -0.4 is 24.4 Å². The van der Waals surface area contributed by atoms with Gasteiger partial charge < -0.3 is 24.1 Å². The predicted octanol–water partition coefficient (Wildman–Crippen LogP) is 4.32. The smallest absolute Gasteiger partial charge is 0.343 e. The summed E-state index contributed by atoms with van der Waals surface area (Å²) in [4.78, 5) is 26.3. The molecule has 0 bridgehead atoms. The van der Waals surface area contributed by atoms with Crippen molar-refractivity contribution in [2.75, 3.05) is 21.3 Å². The van der Waals surface area contributed by atoms with Crippen LogP contribution in [0, 0.1) is 0 Å². The maximum absolute atomic E-state index is 13.3. The van der Waals surface area contributed by atoms with E-state index in [4.69, 9.17) is 18.9 Å². The van der Waals surface area contributed by atoms with Gasteiger partial charge in [0.15, 0.2) is 17.1 Å². The van der Waals surface area contributed by atoms with E-state index in [0.29, 0.717) is 33.9 Å². The summed E-state index contributed by atoms with van der Waals surface area (Å²) in [6, 6.07) is 26.8. The molecule has 0 aromatic heterocycles. The number of aliphatic hydroxyl groups is 1. The molecular weight excluding hydrogens is 512 g/mol. The molecule has 204 valence electrons. The van der Waals surface area contributed by atoms with Crippen molar-refractivity contribution in [1.29, 1.82) is 0 Å². The van der Waals surface area contributed by atoms with Crippen LogP contribution in [0.3, 0.4) is 0 Å². The third kappa shape index (κ3) is 5.79. The van der Waals surface area contributed by atoms with Crippen LogP contribution in [0.15, 0.2) is 102 Å². The lowest BCUT2D eigenvalue weighted by molar-refractivity contribution is -0.136. The Bertz CT molecular complexity index is 1440. The lowest BCUT2D eigenvalue weighted by Gasteiger charge is -2.27. The summed E-state index contributed by atoms with van der Waals surface area (Å²) in [6.45, 7) is 0. The number of hydrazone groups is 1. The highest BCUT2D eigenvalue weighted by molar-refractivity contribution is 5.95. The fourth-order valence-corrected chi connectivity index (χ4v) is 4.07. The number of amides is 1. The molecule has 0 aliphatic heterocycles. The van der Waals surface area contributed by atoms with Gasteiger partial charge >= 0.3 is 5.97 Å². The summed E-state index contributed by atoms with van der Waals surface area (Å²) < 4.78 is 21.6. The first kappa shape index (κ1) is 27.9. The highest BCUT2D eigenvalue weighted by Crippen LogP contribution is 2.38. The van der Waals surface area contributed by atoms with E-state index in [1.807, 2.05) is 0 Å². The van der Waals surface area contributed by atoms with Gasteiger partial charge in [-0.1, -0.05) is 72.8 Å². The van der Waals surface area contributed by atoms with Crippen LogP contribution >= 0.6 is 0 Å². The Morgan fingerprint density at radius 2 is 1.27 bits per heavy atom. The zero-order chi connectivity index (χ0) is 28.5. The summed E-state index contributed by atoms with van der Waals surface area (Å²) in [5, 5.41) is 15.6. The standard InChI is InChI=1S/C31H28N2O7/c1-37-26-18-22(19-27(38-2)28(26)39-3)29(34)40-25-17-11-10-12-21(25)20-32-33-30(35)31(36,23-13-6-4-7-14-23)24-15-8-5-9-16-24/h4-20,36H,1-3H3,(H,33,35)/b32-20-. The molecule has 4 aromatic carbocycles. The number of benzene rings is 4. The van der Waals surface area contributed by atoms with E-state index in [-0.39, 0.29) is 11.3 Å². The summed E-state index contributed by atoms with van der Waals surface area (Å²) in [6.07, 6.45) is 1.33. The van der Waals surface area contributed by atoms with E-state index >= 15 is 0 Å². The topological polar surface area (TPSA) is 116 Å². The predicted molar refractivity (Wildman–Crippen MR) is 149 cm³/mol. The molecule has 0 fully saturated rings. The van der Waals surface area contributed by atoms with Crippen LogP contribution in [0.25, 0.3) is 0 Å². The van der Waals surface area contributed by atoms with E-state index in [1.165, 1.54) is 39.7 Å². The maximum Gasteiger partial charge on any atom is 0.343 e. The number of para-hydroxylation sites is 1. The van der Waals surface area contributed by atoms with Crippen LogP contribution in [0.2, 0.25) is 0 Å². The van der Waals surface area contributed by atoms with E-state index in [0.717, 1.165) is 0 Å². The summed E-state index contributed by atoms with van der Waals surface area (Å²) in [5.41, 5.74) is 1.78. The molecule has 4 rings (SSSR count). The minimum atomic E-state index is -1.99. The second kappa shape index (κ2) is 12.6. The van der Waals surface area contributed by atoms with Gasteiger partial charge in [0.05, 0.1) is 33.1 Å². The number of hydrogen-bond donors (Lipinski definition) is 2. The van der Waals surface area contributed by atoms with Gasteiger partial charge in [0.25, 0.3) is 5.91 Å². The van der Waals surface area contributed by atoms with Gasteiger partial charge in [-0.3, -0.25) is 4.79 Å². The van der Waals surface area contributed by atoms with Crippen molar-refractivity contribution in [3.05, 3.63) is 119 Å². The third-order valence-corrected chi connectivity index (χ3v) is 6.10. The fraction of sp³-hybridized carbons (Fsp3) is 0.129. The Morgan fingerprint density at radius 3 is 1.80 bits per heavy atom. The van der Waals surface area contributed by atoms with Gasteiger partial charge in [-0.05, 0) is 35.4 Å². The van der Waals surface area contributed by atoms with Crippen LogP contribution in [0.1, 0.15) is 27.0 Å². The van der Waals surface area contributed by atoms with Gasteiger partial charge in [-0.15, -0.1) is 0 Å². The van der Waals surface area contributed by atoms with Gasteiger partial charge in [-0.2, -0.15) is 5.10 Å². The molecule has 40 heavy (non-hydrogen) atoms. The zero-order valence-corrected chi connectivity index (χ0v) is 22.2. The molecular formula is C31H28N2O7. The number of carbonyl (C=O) groups is 2. The van der Waals surface area contributed by atoms with E-state index in [2.05, 4.69) is 10.5 Å². The van der Waals surface area contributed by atoms with Crippen molar-refractivity contribution in [2.45, 2.75) is 5.60 Å². The van der Waals surface area contributed by atoms with Gasteiger partial charge in [0, 0.05) is 5.56 Å². The van der Waals surface area contributed by atoms with Gasteiger partial charge in [-0.25, -0.2) is 10.2 Å². The highest BCUT2D eigenvalue weighted by atomic mass is 16.5. The fourth-order valence-electron chi connectivity index (χ4n) is 4.07. The van der Waals surface area contributed by atoms with E-state index in [9.17, 15) is 14.7 Å². The van der Waals surface area contributed by atoms with Crippen LogP contribution in [-0.2, 0) is 10.4 Å². The van der Waals surface area contributed by atoms with Crippen molar-refractivity contribution in [3.8, 4) is 23.0 Å². The molecule has 9 nitrogen and oxygen atoms in total. The SMILES string of the molecule is COc1cc(C(=O)Oc2ccccc2/C=N\NC(=O)C(O)(c2ccccc2)c2ccccc2)cc(OC)c1OC. The second-order valence-electron chi connectivity index (χ2n) is 8.48. The first-order valence-corrected chi connectivity index (χ1v) is 12.2. The Hall–Kier alpha value is -5.15. The summed E-state index contributed by atoms with van der Waals surface area (Å²) in [7, 11) is 4.36. The van der Waals surface area contributed by atoms with Crippen LogP contribution in [0.4, 0.5) is 0 Å². The molecule has 1 amide bonds. The quantitative estimate of drug-likeness (QED) is 0.133. The molecule has 0 unspecified atom stereocenters. The van der Waals surface area contributed by atoms with Crippen molar-refractivity contribution < 1.29 is 33.6 Å². The normalized spacial score (nSPS) is 11.1. The molecule has 4 aromatic rings. The number of nitrogens with one attached hydrogen (secondary N) is 1. The number of rotatable bonds is 10. The van der Waals surface area contributed by atoms with Crippen LogP contribution in [-0.4, -0.2) is 44.5 Å². The monoisotopic (exact) mass is 540 g/mol. The minimum Gasteiger partial charge on any atom is -0.493 e. The Morgan fingerprint density at radius 1 is 0.750 bits per heavy atom. The maximum atomic E-state index is 13.3. The molecule has 0 aliphatic carbocycles. The average molecular weight is 541 g/mol. The average Bonchev–Trinajstić information content (AvgIpc) is 3.01. The Kier molecular flexibility index (Phi) is 8.78. The third-order valence-electron chi connectivity index (χ3n) is 6.10. The lowest BCUT2D eigenvalue weighted by Crippen LogP contribution is -2.43. The van der Waals surface area contributed by atoms with Crippen molar-refractivity contribution in [1.82, 2.24) is 5.43 Å². The first-order chi connectivity index (χ1) is 19.4. The van der Waals surface area contributed by atoms with Gasteiger partial charge in [0.2, 0.25) is 5.75 Å². The van der Waals surface area contributed by atoms with Gasteiger partial charge in [0.1, 0.15) is 5.75 Å².